The predicted octanol–water partition coefficient (Wildman–Crippen LogP) is 0.830. The molecule has 2 aliphatic rings. The van der Waals surface area contributed by atoms with E-state index in [1.165, 1.54) is 17.5 Å². The Labute approximate surface area is 131 Å². The van der Waals surface area contributed by atoms with Crippen molar-refractivity contribution < 1.29 is 9.59 Å². The molecule has 1 unspecified atom stereocenters. The van der Waals surface area contributed by atoms with E-state index in [0.717, 1.165) is 25.9 Å². The zero-order chi connectivity index (χ0) is 15.4. The normalized spacial score (nSPS) is 21.1. The quantitative estimate of drug-likeness (QED) is 0.869. The molecule has 2 aliphatic heterocycles. The molecular weight excluding hydrogens is 278 g/mol. The Balaban J connectivity index is 1.49. The Morgan fingerprint density at radius 2 is 1.86 bits per heavy atom. The van der Waals surface area contributed by atoms with Gasteiger partial charge in [-0.3, -0.25) is 9.59 Å². The zero-order valence-electron chi connectivity index (χ0n) is 12.8. The summed E-state index contributed by atoms with van der Waals surface area (Å²) in [6.45, 7) is 2.46. The van der Waals surface area contributed by atoms with Gasteiger partial charge in [-0.15, -0.1) is 0 Å². The molecule has 1 aromatic rings. The molecule has 5 nitrogen and oxygen atoms in total. The van der Waals surface area contributed by atoms with Gasteiger partial charge in [0, 0.05) is 19.6 Å². The SMILES string of the molecule is O=C(NCC(=O)N1CCCCC1)C1Cc2ccccc2CN1. The molecule has 3 rings (SSSR count). The van der Waals surface area contributed by atoms with Crippen LogP contribution in [-0.4, -0.2) is 42.4 Å². The van der Waals surface area contributed by atoms with Crippen molar-refractivity contribution in [2.75, 3.05) is 19.6 Å². The number of nitrogens with zero attached hydrogens (tertiary/aromatic N) is 1. The Bertz CT molecular complexity index is 553. The van der Waals surface area contributed by atoms with Crippen LogP contribution in [0.4, 0.5) is 0 Å². The summed E-state index contributed by atoms with van der Waals surface area (Å²) in [5, 5.41) is 6.03. The molecule has 0 aromatic heterocycles. The molecule has 0 saturated carbocycles. The van der Waals surface area contributed by atoms with Crippen molar-refractivity contribution in [3.8, 4) is 0 Å². The molecule has 1 fully saturated rings. The van der Waals surface area contributed by atoms with Gasteiger partial charge in [0.15, 0.2) is 0 Å². The van der Waals surface area contributed by atoms with Crippen molar-refractivity contribution >= 4 is 11.8 Å². The molecular formula is C17H23N3O2. The maximum atomic E-state index is 12.3. The number of piperidine rings is 1. The molecule has 0 bridgehead atoms. The first-order valence-electron chi connectivity index (χ1n) is 8.10. The van der Waals surface area contributed by atoms with E-state index in [1.54, 1.807) is 0 Å². The van der Waals surface area contributed by atoms with Crippen molar-refractivity contribution in [1.29, 1.82) is 0 Å². The van der Waals surface area contributed by atoms with Crippen LogP contribution in [0.5, 0.6) is 0 Å². The Morgan fingerprint density at radius 1 is 1.14 bits per heavy atom. The van der Waals surface area contributed by atoms with Gasteiger partial charge in [0.25, 0.3) is 0 Å². The first-order chi connectivity index (χ1) is 10.7. The second kappa shape index (κ2) is 6.92. The molecule has 118 valence electrons. The number of fused-ring (bicyclic) bond motifs is 1. The summed E-state index contributed by atoms with van der Waals surface area (Å²) in [4.78, 5) is 26.2. The van der Waals surface area contributed by atoms with Crippen LogP contribution < -0.4 is 10.6 Å². The fourth-order valence-electron chi connectivity index (χ4n) is 3.18. The summed E-state index contributed by atoms with van der Waals surface area (Å²) in [5.74, 6) is -0.0517. The molecule has 22 heavy (non-hydrogen) atoms. The fraction of sp³-hybridized carbons (Fsp3) is 0.529. The van der Waals surface area contributed by atoms with Crippen LogP contribution >= 0.6 is 0 Å². The van der Waals surface area contributed by atoms with Crippen LogP contribution in [0.15, 0.2) is 24.3 Å². The number of hydrogen-bond acceptors (Lipinski definition) is 3. The molecule has 0 aliphatic carbocycles. The van der Waals surface area contributed by atoms with E-state index >= 15 is 0 Å². The number of benzene rings is 1. The van der Waals surface area contributed by atoms with Crippen LogP contribution in [0.3, 0.4) is 0 Å². The highest BCUT2D eigenvalue weighted by Gasteiger charge is 2.25. The van der Waals surface area contributed by atoms with Gasteiger partial charge >= 0.3 is 0 Å². The average molecular weight is 301 g/mol. The minimum Gasteiger partial charge on any atom is -0.346 e. The number of rotatable bonds is 3. The van der Waals surface area contributed by atoms with Crippen molar-refractivity contribution in [2.45, 2.75) is 38.3 Å². The van der Waals surface area contributed by atoms with Gasteiger partial charge in [0.05, 0.1) is 12.6 Å². The van der Waals surface area contributed by atoms with E-state index in [4.69, 9.17) is 0 Å². The Kier molecular flexibility index (Phi) is 4.73. The zero-order valence-corrected chi connectivity index (χ0v) is 12.8. The highest BCUT2D eigenvalue weighted by atomic mass is 16.2. The lowest BCUT2D eigenvalue weighted by molar-refractivity contribution is -0.134. The van der Waals surface area contributed by atoms with Gasteiger partial charge < -0.3 is 15.5 Å². The largest absolute Gasteiger partial charge is 0.346 e. The molecule has 0 spiro atoms. The molecule has 1 aromatic carbocycles. The van der Waals surface area contributed by atoms with Gasteiger partial charge in [-0.25, -0.2) is 0 Å². The highest BCUT2D eigenvalue weighted by molar-refractivity contribution is 5.87. The first-order valence-corrected chi connectivity index (χ1v) is 8.10. The lowest BCUT2D eigenvalue weighted by atomic mass is 9.95. The molecule has 2 heterocycles. The van der Waals surface area contributed by atoms with Crippen molar-refractivity contribution in [3.63, 3.8) is 0 Å². The third kappa shape index (κ3) is 3.47. The van der Waals surface area contributed by atoms with Crippen LogP contribution in [-0.2, 0) is 22.6 Å². The summed E-state index contributed by atoms with van der Waals surface area (Å²) in [7, 11) is 0. The number of hydrogen-bond donors (Lipinski definition) is 2. The maximum Gasteiger partial charge on any atom is 0.241 e. The summed E-state index contributed by atoms with van der Waals surface area (Å²) in [6, 6.07) is 7.91. The Morgan fingerprint density at radius 3 is 2.64 bits per heavy atom. The van der Waals surface area contributed by atoms with Crippen molar-refractivity contribution in [1.82, 2.24) is 15.5 Å². The third-order valence-electron chi connectivity index (χ3n) is 4.52. The average Bonchev–Trinajstić information content (AvgIpc) is 2.59. The van der Waals surface area contributed by atoms with E-state index in [9.17, 15) is 9.59 Å². The standard InChI is InChI=1S/C17H23N3O2/c21-16(20-8-4-1-5-9-20)12-19-17(22)15-10-13-6-2-3-7-14(13)11-18-15/h2-3,6-7,15,18H,1,4-5,8-12H2,(H,19,22). The van der Waals surface area contributed by atoms with Gasteiger partial charge in [-0.2, -0.15) is 0 Å². The second-order valence-electron chi connectivity index (χ2n) is 6.07. The number of carbonyl (C=O) groups excluding carboxylic acids is 2. The lowest BCUT2D eigenvalue weighted by Gasteiger charge is -2.28. The van der Waals surface area contributed by atoms with E-state index in [-0.39, 0.29) is 24.4 Å². The molecule has 1 saturated heterocycles. The monoisotopic (exact) mass is 301 g/mol. The lowest BCUT2D eigenvalue weighted by Crippen LogP contribution is -2.50. The number of likely N-dealkylation sites (tertiary alicyclic amines) is 1. The summed E-state index contributed by atoms with van der Waals surface area (Å²) < 4.78 is 0. The van der Waals surface area contributed by atoms with Gasteiger partial charge in [0.1, 0.15) is 0 Å². The third-order valence-corrected chi connectivity index (χ3v) is 4.52. The number of amides is 2. The molecule has 0 radical (unpaired) electrons. The smallest absolute Gasteiger partial charge is 0.241 e. The van der Waals surface area contributed by atoms with Crippen LogP contribution in [0.25, 0.3) is 0 Å². The summed E-state index contributed by atoms with van der Waals surface area (Å²) in [5.41, 5.74) is 2.46. The van der Waals surface area contributed by atoms with E-state index in [0.29, 0.717) is 13.0 Å². The maximum absolute atomic E-state index is 12.3. The minimum absolute atomic E-state index is 0.0317. The summed E-state index contributed by atoms with van der Waals surface area (Å²) in [6.07, 6.45) is 4.02. The van der Waals surface area contributed by atoms with Crippen LogP contribution in [0.1, 0.15) is 30.4 Å². The van der Waals surface area contributed by atoms with E-state index in [2.05, 4.69) is 22.8 Å². The molecule has 2 amide bonds. The van der Waals surface area contributed by atoms with Crippen LogP contribution in [0.2, 0.25) is 0 Å². The predicted molar refractivity (Wildman–Crippen MR) is 84.2 cm³/mol. The van der Waals surface area contributed by atoms with E-state index < -0.39 is 0 Å². The fourth-order valence-corrected chi connectivity index (χ4v) is 3.18. The summed E-state index contributed by atoms with van der Waals surface area (Å²) >= 11 is 0. The highest BCUT2D eigenvalue weighted by Crippen LogP contribution is 2.16. The van der Waals surface area contributed by atoms with Crippen molar-refractivity contribution in [3.05, 3.63) is 35.4 Å². The topological polar surface area (TPSA) is 61.4 Å². The van der Waals surface area contributed by atoms with Crippen molar-refractivity contribution in [2.24, 2.45) is 0 Å². The number of carbonyl (C=O) groups is 2. The minimum atomic E-state index is -0.246. The van der Waals surface area contributed by atoms with Gasteiger partial charge in [0.2, 0.25) is 11.8 Å². The molecule has 5 heteroatoms. The first kappa shape index (κ1) is 15.0. The molecule has 2 N–H and O–H groups in total. The Hall–Kier alpha value is -1.88. The second-order valence-corrected chi connectivity index (χ2v) is 6.07. The van der Waals surface area contributed by atoms with E-state index in [1.807, 2.05) is 17.0 Å². The number of nitrogens with one attached hydrogen (secondary N) is 2. The molecule has 1 atom stereocenters. The van der Waals surface area contributed by atoms with Gasteiger partial charge in [-0.05, 0) is 36.8 Å². The van der Waals surface area contributed by atoms with Crippen LogP contribution in [0, 0.1) is 0 Å². The van der Waals surface area contributed by atoms with Gasteiger partial charge in [-0.1, -0.05) is 24.3 Å².